The summed E-state index contributed by atoms with van der Waals surface area (Å²) in [5.74, 6) is 0. The van der Waals surface area contributed by atoms with E-state index in [1.807, 2.05) is 12.2 Å². The van der Waals surface area contributed by atoms with Crippen molar-refractivity contribution in [3.8, 4) is 0 Å². The third-order valence-corrected chi connectivity index (χ3v) is 0.586. The highest BCUT2D eigenvalue weighted by Gasteiger charge is 1.72. The molecule has 0 aromatic carbocycles. The maximum Gasteiger partial charge on any atom is 0.0619 e. The van der Waals surface area contributed by atoms with Crippen LogP contribution in [0.5, 0.6) is 0 Å². The molecule has 5 heavy (non-hydrogen) atoms. The van der Waals surface area contributed by atoms with E-state index < -0.39 is 0 Å². The SMILES string of the molecule is [2H]C1=CCC=C1. The number of rotatable bonds is 0. The van der Waals surface area contributed by atoms with Gasteiger partial charge in [0.25, 0.3) is 0 Å². The molecule has 0 saturated heterocycles. The molecule has 0 heterocycles. The second-order valence-electron chi connectivity index (χ2n) is 1.01. The fourth-order valence-electron chi connectivity index (χ4n) is 0.340. The maximum absolute atomic E-state index is 6.91. The third-order valence-electron chi connectivity index (χ3n) is 0.586. The molecule has 26 valence electrons. The van der Waals surface area contributed by atoms with E-state index in [1.165, 1.54) is 0 Å². The molecule has 0 aromatic rings. The lowest BCUT2D eigenvalue weighted by atomic mass is 10.5. The lowest BCUT2D eigenvalue weighted by molar-refractivity contribution is 1.45. The molecule has 0 spiro atoms. The van der Waals surface area contributed by atoms with Crippen LogP contribution in [0.15, 0.2) is 24.3 Å². The number of hydrogen-bond acceptors (Lipinski definition) is 0. The molecule has 1 aliphatic rings. The molecule has 1 aliphatic carbocycles. The van der Waals surface area contributed by atoms with Crippen molar-refractivity contribution < 1.29 is 1.37 Å². The monoisotopic (exact) mass is 67.1 g/mol. The summed E-state index contributed by atoms with van der Waals surface area (Å²) in [6, 6.07) is 0.648. The predicted molar refractivity (Wildman–Crippen MR) is 22.9 cm³/mol. The van der Waals surface area contributed by atoms with Crippen molar-refractivity contribution in [1.82, 2.24) is 0 Å². The van der Waals surface area contributed by atoms with Gasteiger partial charge < -0.3 is 0 Å². The largest absolute Gasteiger partial charge is 0.0808 e. The van der Waals surface area contributed by atoms with Crippen LogP contribution in [0.1, 0.15) is 7.79 Å². The first-order valence-corrected chi connectivity index (χ1v) is 1.73. The molecule has 0 amide bonds. The third kappa shape index (κ3) is 0.380. The van der Waals surface area contributed by atoms with E-state index in [-0.39, 0.29) is 0 Å². The average molecular weight is 67.1 g/mol. The van der Waals surface area contributed by atoms with Gasteiger partial charge in [0, 0.05) is 0 Å². The lowest BCUT2D eigenvalue weighted by Crippen LogP contribution is -1.37. The molecule has 0 N–H and O–H groups in total. The summed E-state index contributed by atoms with van der Waals surface area (Å²) < 4.78 is 6.91. The van der Waals surface area contributed by atoms with E-state index in [0.717, 1.165) is 6.42 Å². The minimum atomic E-state index is 0.648. The van der Waals surface area contributed by atoms with Gasteiger partial charge in [-0.25, -0.2) is 0 Å². The molecule has 0 aromatic heterocycles. The molecule has 0 heteroatoms. The molecule has 0 aliphatic heterocycles. The van der Waals surface area contributed by atoms with Gasteiger partial charge in [-0.05, 0) is 6.42 Å². The summed E-state index contributed by atoms with van der Waals surface area (Å²) in [7, 11) is 0. The van der Waals surface area contributed by atoms with Crippen molar-refractivity contribution >= 4 is 0 Å². The van der Waals surface area contributed by atoms with E-state index >= 15 is 0 Å². The van der Waals surface area contributed by atoms with Gasteiger partial charge in [0.05, 0.1) is 1.37 Å². The topological polar surface area (TPSA) is 0 Å². The molecular weight excluding hydrogens is 60.1 g/mol. The minimum absolute atomic E-state index is 0.648. The van der Waals surface area contributed by atoms with Gasteiger partial charge in [-0.2, -0.15) is 0 Å². The maximum atomic E-state index is 6.91. The number of hydrogen-bond donors (Lipinski definition) is 0. The summed E-state index contributed by atoms with van der Waals surface area (Å²) >= 11 is 0. The van der Waals surface area contributed by atoms with E-state index in [1.54, 1.807) is 6.08 Å². The van der Waals surface area contributed by atoms with Crippen LogP contribution in [0, 0.1) is 0 Å². The van der Waals surface area contributed by atoms with Gasteiger partial charge in [-0.15, -0.1) is 0 Å². The van der Waals surface area contributed by atoms with Crippen LogP contribution in [0.2, 0.25) is 0 Å². The van der Waals surface area contributed by atoms with Crippen LogP contribution in [0.25, 0.3) is 0 Å². The van der Waals surface area contributed by atoms with E-state index in [9.17, 15) is 0 Å². The van der Waals surface area contributed by atoms with Gasteiger partial charge in [-0.3, -0.25) is 0 Å². The Morgan fingerprint density at radius 1 is 1.60 bits per heavy atom. The molecule has 0 saturated carbocycles. The first-order chi connectivity index (χ1) is 2.89. The van der Waals surface area contributed by atoms with Crippen LogP contribution in [-0.2, 0) is 0 Å². The normalized spacial score (nSPS) is 22.4. The van der Waals surface area contributed by atoms with Gasteiger partial charge in [0.1, 0.15) is 0 Å². The quantitative estimate of drug-likeness (QED) is 0.403. The van der Waals surface area contributed by atoms with Crippen LogP contribution in [0.4, 0.5) is 0 Å². The fraction of sp³-hybridized carbons (Fsp3) is 0.200. The Kier molecular flexibility index (Phi) is 0.385. The summed E-state index contributed by atoms with van der Waals surface area (Å²) in [4.78, 5) is 0. The van der Waals surface area contributed by atoms with E-state index in [4.69, 9.17) is 1.37 Å². The standard InChI is InChI=1S/C5H6/c1-2-4-5-3-1/h1-4H,5H2/i1D. The van der Waals surface area contributed by atoms with Crippen molar-refractivity contribution in [2.24, 2.45) is 0 Å². The zero-order valence-electron chi connectivity index (χ0n) is 3.94. The highest BCUT2D eigenvalue weighted by Crippen LogP contribution is 1.93. The smallest absolute Gasteiger partial charge is 0.0619 e. The highest BCUT2D eigenvalue weighted by molar-refractivity contribution is 5.11. The molecule has 0 fully saturated rings. The second-order valence-corrected chi connectivity index (χ2v) is 1.01. The zero-order valence-corrected chi connectivity index (χ0v) is 2.94. The van der Waals surface area contributed by atoms with E-state index in [2.05, 4.69) is 0 Å². The molecule has 0 unspecified atom stereocenters. The Balaban J connectivity index is 2.68. The van der Waals surface area contributed by atoms with Gasteiger partial charge in [-0.1, -0.05) is 24.3 Å². The minimum Gasteiger partial charge on any atom is -0.0808 e. The van der Waals surface area contributed by atoms with Crippen LogP contribution in [0.3, 0.4) is 0 Å². The van der Waals surface area contributed by atoms with Crippen molar-refractivity contribution in [2.75, 3.05) is 0 Å². The van der Waals surface area contributed by atoms with Crippen LogP contribution in [-0.4, -0.2) is 0 Å². The van der Waals surface area contributed by atoms with Crippen LogP contribution >= 0.6 is 0 Å². The molecular formula is C5H6. The van der Waals surface area contributed by atoms with Gasteiger partial charge >= 0.3 is 0 Å². The summed E-state index contributed by atoms with van der Waals surface area (Å²) in [5.41, 5.74) is 0. The lowest BCUT2D eigenvalue weighted by Gasteiger charge is -1.57. The summed E-state index contributed by atoms with van der Waals surface area (Å²) in [5, 5.41) is 0. The average Bonchev–Trinajstić information content (AvgIpc) is 1.86. The van der Waals surface area contributed by atoms with Crippen molar-refractivity contribution in [3.05, 3.63) is 24.3 Å². The Labute approximate surface area is 33.2 Å². The molecule has 0 radical (unpaired) electrons. The summed E-state index contributed by atoms with van der Waals surface area (Å²) in [6.45, 7) is 0. The molecule has 0 bridgehead atoms. The second kappa shape index (κ2) is 1.07. The Morgan fingerprint density at radius 2 is 2.60 bits per heavy atom. The zero-order chi connectivity index (χ0) is 4.41. The van der Waals surface area contributed by atoms with Crippen LogP contribution < -0.4 is 0 Å². The first-order valence-electron chi connectivity index (χ1n) is 2.23. The van der Waals surface area contributed by atoms with E-state index in [0.29, 0.717) is 6.05 Å². The Bertz CT molecular complexity index is 97.8. The molecule has 0 atom stereocenters. The first kappa shape index (κ1) is 1.81. The van der Waals surface area contributed by atoms with Crippen molar-refractivity contribution in [1.29, 1.82) is 0 Å². The molecule has 0 nitrogen and oxygen atoms in total. The summed E-state index contributed by atoms with van der Waals surface area (Å²) in [6.07, 6.45) is 6.61. The van der Waals surface area contributed by atoms with Crippen molar-refractivity contribution in [3.63, 3.8) is 0 Å². The van der Waals surface area contributed by atoms with Crippen molar-refractivity contribution in [2.45, 2.75) is 6.42 Å². The molecule has 1 rings (SSSR count). The number of allylic oxidation sites excluding steroid dienone is 4. The Morgan fingerprint density at radius 3 is 2.80 bits per heavy atom. The highest BCUT2D eigenvalue weighted by atomic mass is 13.8. The fourth-order valence-corrected chi connectivity index (χ4v) is 0.340. The Hall–Kier alpha value is -0.520. The predicted octanol–water partition coefficient (Wildman–Crippen LogP) is 1.50. The van der Waals surface area contributed by atoms with Gasteiger partial charge in [0.15, 0.2) is 0 Å². The van der Waals surface area contributed by atoms with Gasteiger partial charge in [0.2, 0.25) is 0 Å².